The van der Waals surface area contributed by atoms with Gasteiger partial charge < -0.3 is 24.1 Å². The van der Waals surface area contributed by atoms with Crippen LogP contribution in [0.2, 0.25) is 0 Å². The van der Waals surface area contributed by atoms with Gasteiger partial charge >= 0.3 is 6.18 Å². The quantitative estimate of drug-likeness (QED) is 0.236. The maximum Gasteiger partial charge on any atom is 0.416 e. The van der Waals surface area contributed by atoms with Gasteiger partial charge in [0.1, 0.15) is 23.1 Å². The zero-order chi connectivity index (χ0) is 35.2. The molecule has 2 aliphatic rings. The molecule has 2 heterocycles. The van der Waals surface area contributed by atoms with E-state index in [0.29, 0.717) is 35.8 Å². The minimum Gasteiger partial charge on any atom is -0.497 e. The number of benzene rings is 2. The highest BCUT2D eigenvalue weighted by atomic mass is 19.4. The van der Waals surface area contributed by atoms with Gasteiger partial charge in [-0.1, -0.05) is 44.9 Å². The monoisotopic (exact) mass is 684 g/mol. The number of rotatable bonds is 9. The summed E-state index contributed by atoms with van der Waals surface area (Å²) in [6.07, 6.45) is 8.93. The number of halogens is 3. The van der Waals surface area contributed by atoms with E-state index < -0.39 is 35.3 Å². The van der Waals surface area contributed by atoms with E-state index in [2.05, 4.69) is 20.2 Å². The molecular weight excluding hydrogens is 633 g/mol. The Morgan fingerprint density at radius 3 is 2.16 bits per heavy atom. The number of imidazole rings is 1. The van der Waals surface area contributed by atoms with Gasteiger partial charge in [0.25, 0.3) is 0 Å². The average Bonchev–Trinajstić information content (AvgIpc) is 3.50. The number of piperidine rings is 1. The van der Waals surface area contributed by atoms with Gasteiger partial charge in [0.05, 0.1) is 39.0 Å². The van der Waals surface area contributed by atoms with E-state index in [0.717, 1.165) is 68.8 Å². The molecule has 1 aromatic heterocycles. The number of alkyl halides is 3. The molecule has 8 nitrogen and oxygen atoms in total. The Kier molecular flexibility index (Phi) is 11.8. The first-order chi connectivity index (χ1) is 23.5. The Hall–Kier alpha value is -3.73. The fourth-order valence-corrected chi connectivity index (χ4v) is 8.09. The predicted octanol–water partition coefficient (Wildman–Crippen LogP) is 8.34. The molecule has 1 spiro atoms. The number of amides is 1. The van der Waals surface area contributed by atoms with Gasteiger partial charge in [-0.3, -0.25) is 10.1 Å². The summed E-state index contributed by atoms with van der Waals surface area (Å²) in [6, 6.07) is 7.60. The maximum atomic E-state index is 14.3. The molecule has 1 saturated carbocycles. The van der Waals surface area contributed by atoms with Crippen molar-refractivity contribution in [1.29, 1.82) is 0 Å². The predicted molar refractivity (Wildman–Crippen MR) is 183 cm³/mol. The third-order valence-electron chi connectivity index (χ3n) is 10.8. The van der Waals surface area contributed by atoms with Gasteiger partial charge in [-0.2, -0.15) is 13.2 Å². The number of carbonyl (C=O) groups is 1. The normalized spacial score (nSPS) is 22.2. The van der Waals surface area contributed by atoms with Crippen molar-refractivity contribution in [2.24, 2.45) is 11.3 Å². The molecule has 2 N–H and O–H groups in total. The van der Waals surface area contributed by atoms with Crippen LogP contribution in [0.1, 0.15) is 106 Å². The number of hydrogen-bond acceptors (Lipinski definition) is 6. The van der Waals surface area contributed by atoms with Crippen LogP contribution < -0.4 is 24.8 Å². The molecule has 4 unspecified atom stereocenters. The van der Waals surface area contributed by atoms with Crippen molar-refractivity contribution in [2.75, 3.05) is 21.3 Å². The molecule has 1 aliphatic carbocycles. The van der Waals surface area contributed by atoms with Crippen molar-refractivity contribution in [2.45, 2.75) is 109 Å². The van der Waals surface area contributed by atoms with Crippen LogP contribution in [0.4, 0.5) is 13.2 Å². The lowest BCUT2D eigenvalue weighted by Gasteiger charge is -2.54. The number of ether oxygens (including phenoxy) is 3. The first-order valence-corrected chi connectivity index (χ1v) is 17.5. The molecule has 268 valence electrons. The Balaban J connectivity index is 1.60. The molecule has 0 radical (unpaired) electrons. The van der Waals surface area contributed by atoms with E-state index in [1.165, 1.54) is 25.7 Å². The Labute approximate surface area is 288 Å². The highest BCUT2D eigenvalue weighted by Gasteiger charge is 2.52. The van der Waals surface area contributed by atoms with Crippen LogP contribution in [-0.4, -0.2) is 42.8 Å². The van der Waals surface area contributed by atoms with E-state index >= 15 is 0 Å². The van der Waals surface area contributed by atoms with Crippen LogP contribution >= 0.6 is 0 Å². The largest absolute Gasteiger partial charge is 0.497 e. The third kappa shape index (κ3) is 8.36. The highest BCUT2D eigenvalue weighted by Crippen LogP contribution is 2.56. The number of nitrogens with one attached hydrogen (secondary N) is 2. The number of hydrogen-bond donors (Lipinski definition) is 2. The summed E-state index contributed by atoms with van der Waals surface area (Å²) in [6.45, 7) is 4.47. The smallest absolute Gasteiger partial charge is 0.416 e. The first-order valence-electron chi connectivity index (χ1n) is 17.5. The van der Waals surface area contributed by atoms with Crippen LogP contribution in [0.15, 0.2) is 48.8 Å². The maximum absolute atomic E-state index is 14.3. The van der Waals surface area contributed by atoms with Gasteiger partial charge in [0.15, 0.2) is 0 Å². The topological polar surface area (TPSA) is 86.6 Å². The molecule has 49 heavy (non-hydrogen) atoms. The summed E-state index contributed by atoms with van der Waals surface area (Å²) in [5.74, 6) is 2.22. The number of carbonyl (C=O) groups excluding carboxylic acids is 1. The van der Waals surface area contributed by atoms with Crippen LogP contribution in [0.3, 0.4) is 0 Å². The standard InChI is InChI=1S/C38H51F3N4O4/c1-25(27-19-30(47-3)23-31(20-27)48-4)43-36(46)33-22-29(24-45-18-17-42-26(45)2)37(15-11-9-7-6-8-10-12-16-37)35(44-33)32-21-28(38(39,40)41)13-14-34(32)49-5/h13-14,17-21,23,25,29,33,35,44H,6-12,15-16,22,24H2,1-5H3,(H,43,46). The number of nitrogens with zero attached hydrogens (tertiary/aromatic N) is 2. The molecule has 1 aliphatic heterocycles. The fourth-order valence-electron chi connectivity index (χ4n) is 8.09. The van der Waals surface area contributed by atoms with E-state index in [-0.39, 0.29) is 11.8 Å². The lowest BCUT2D eigenvalue weighted by molar-refractivity contribution is -0.138. The molecule has 2 aromatic carbocycles. The number of aromatic nitrogens is 2. The Morgan fingerprint density at radius 1 is 0.980 bits per heavy atom. The second-order valence-electron chi connectivity index (χ2n) is 13.8. The summed E-state index contributed by atoms with van der Waals surface area (Å²) in [4.78, 5) is 18.8. The van der Waals surface area contributed by atoms with Crippen molar-refractivity contribution in [3.63, 3.8) is 0 Å². The Morgan fingerprint density at radius 2 is 1.61 bits per heavy atom. The van der Waals surface area contributed by atoms with Crippen molar-refractivity contribution in [1.82, 2.24) is 20.2 Å². The molecule has 1 saturated heterocycles. The molecule has 1 amide bonds. The molecule has 0 bridgehead atoms. The SMILES string of the molecule is COc1cc(OC)cc(C(C)NC(=O)C2CC(Cn3ccnc3C)C3(CCCCCCCCC3)C(c3cc(C(F)(F)F)ccc3OC)N2)c1. The molecular formula is C38H51F3N4O4. The minimum atomic E-state index is -4.53. The van der Waals surface area contributed by atoms with Crippen molar-refractivity contribution < 1.29 is 32.2 Å². The van der Waals surface area contributed by atoms with E-state index in [4.69, 9.17) is 14.2 Å². The molecule has 4 atom stereocenters. The molecule has 11 heteroatoms. The van der Waals surface area contributed by atoms with Gasteiger partial charge in [-0.15, -0.1) is 0 Å². The molecule has 5 rings (SSSR count). The Bertz CT molecular complexity index is 1530. The summed E-state index contributed by atoms with van der Waals surface area (Å²) in [7, 11) is 4.65. The van der Waals surface area contributed by atoms with E-state index in [1.54, 1.807) is 26.5 Å². The van der Waals surface area contributed by atoms with Crippen LogP contribution in [0.25, 0.3) is 0 Å². The second kappa shape index (κ2) is 15.9. The van der Waals surface area contributed by atoms with Crippen LogP contribution in [0.5, 0.6) is 17.2 Å². The summed E-state index contributed by atoms with van der Waals surface area (Å²) < 4.78 is 61.6. The zero-order valence-corrected chi connectivity index (χ0v) is 29.4. The number of methoxy groups -OCH3 is 3. The fraction of sp³-hybridized carbons (Fsp3) is 0.579. The molecule has 2 fully saturated rings. The van der Waals surface area contributed by atoms with Crippen molar-refractivity contribution >= 4 is 5.91 Å². The lowest BCUT2D eigenvalue weighted by Crippen LogP contribution is -2.59. The lowest BCUT2D eigenvalue weighted by atomic mass is 9.58. The second-order valence-corrected chi connectivity index (χ2v) is 13.8. The molecule has 3 aromatic rings. The van der Waals surface area contributed by atoms with Gasteiger partial charge in [-0.25, -0.2) is 4.98 Å². The first kappa shape index (κ1) is 36.5. The summed E-state index contributed by atoms with van der Waals surface area (Å²) >= 11 is 0. The highest BCUT2D eigenvalue weighted by molar-refractivity contribution is 5.82. The van der Waals surface area contributed by atoms with Gasteiger partial charge in [-0.05, 0) is 80.3 Å². The van der Waals surface area contributed by atoms with Crippen LogP contribution in [0, 0.1) is 18.3 Å². The average molecular weight is 685 g/mol. The van der Waals surface area contributed by atoms with Crippen molar-refractivity contribution in [3.05, 3.63) is 71.3 Å². The van der Waals surface area contributed by atoms with Gasteiger partial charge in [0.2, 0.25) is 5.91 Å². The number of aryl methyl sites for hydroxylation is 1. The van der Waals surface area contributed by atoms with E-state index in [1.807, 2.05) is 32.2 Å². The van der Waals surface area contributed by atoms with Gasteiger partial charge in [0, 0.05) is 36.6 Å². The third-order valence-corrected chi connectivity index (χ3v) is 10.8. The van der Waals surface area contributed by atoms with E-state index in [9.17, 15) is 18.0 Å². The van der Waals surface area contributed by atoms with Crippen molar-refractivity contribution in [3.8, 4) is 17.2 Å². The summed E-state index contributed by atoms with van der Waals surface area (Å²) in [5, 5.41) is 6.84. The van der Waals surface area contributed by atoms with Crippen LogP contribution in [-0.2, 0) is 17.5 Å². The summed E-state index contributed by atoms with van der Waals surface area (Å²) in [5.41, 5.74) is 0.0960. The minimum absolute atomic E-state index is 0.0340. The zero-order valence-electron chi connectivity index (χ0n) is 29.4.